The second-order valence-corrected chi connectivity index (χ2v) is 5.64. The Balaban J connectivity index is 2.13. The second kappa shape index (κ2) is 5.57. The highest BCUT2D eigenvalue weighted by Gasteiger charge is 2.27. The van der Waals surface area contributed by atoms with Crippen LogP contribution in [0.3, 0.4) is 0 Å². The lowest BCUT2D eigenvalue weighted by Gasteiger charge is -2.15. The van der Waals surface area contributed by atoms with Crippen LogP contribution in [0.2, 0.25) is 0 Å². The van der Waals surface area contributed by atoms with E-state index in [1.54, 1.807) is 14.2 Å². The van der Waals surface area contributed by atoms with Crippen molar-refractivity contribution in [2.45, 2.75) is 6.61 Å². The van der Waals surface area contributed by atoms with Crippen LogP contribution in [0.4, 0.5) is 0 Å². The van der Waals surface area contributed by atoms with Gasteiger partial charge in [-0.1, -0.05) is 24.3 Å². The van der Waals surface area contributed by atoms with Crippen LogP contribution in [-0.4, -0.2) is 20.2 Å². The minimum atomic E-state index is -0.279. The van der Waals surface area contributed by atoms with Crippen molar-refractivity contribution in [2.75, 3.05) is 14.2 Å². The Morgan fingerprint density at radius 1 is 1.00 bits per heavy atom. The molecule has 4 heteroatoms. The SMILES string of the molecule is COc1cccc(-c2c3c(cc4cccc(OC)c24)C(=O)OC3)c1. The van der Waals surface area contributed by atoms with E-state index in [0.29, 0.717) is 5.56 Å². The summed E-state index contributed by atoms with van der Waals surface area (Å²) < 4.78 is 16.2. The standard InChI is InChI=1S/C20H16O4/c1-22-14-7-3-5-12(9-14)18-16-11-24-20(21)15(16)10-13-6-4-8-17(23-2)19(13)18/h3-10H,11H2,1-2H3. The van der Waals surface area contributed by atoms with Crippen LogP contribution >= 0.6 is 0 Å². The summed E-state index contributed by atoms with van der Waals surface area (Å²) in [5.41, 5.74) is 3.45. The van der Waals surface area contributed by atoms with Gasteiger partial charge in [0, 0.05) is 16.5 Å². The lowest BCUT2D eigenvalue weighted by atomic mass is 9.90. The van der Waals surface area contributed by atoms with Crippen LogP contribution in [0.5, 0.6) is 11.5 Å². The third-order valence-electron chi connectivity index (χ3n) is 4.38. The number of methoxy groups -OCH3 is 2. The van der Waals surface area contributed by atoms with Gasteiger partial charge in [0.1, 0.15) is 18.1 Å². The van der Waals surface area contributed by atoms with Crippen molar-refractivity contribution < 1.29 is 19.0 Å². The Morgan fingerprint density at radius 3 is 2.62 bits per heavy atom. The van der Waals surface area contributed by atoms with E-state index in [-0.39, 0.29) is 12.6 Å². The fourth-order valence-electron chi connectivity index (χ4n) is 3.28. The lowest BCUT2D eigenvalue weighted by Crippen LogP contribution is -1.97. The Bertz CT molecular complexity index is 959. The van der Waals surface area contributed by atoms with Crippen molar-refractivity contribution in [3.63, 3.8) is 0 Å². The van der Waals surface area contributed by atoms with Gasteiger partial charge in [-0.3, -0.25) is 0 Å². The van der Waals surface area contributed by atoms with E-state index in [1.807, 2.05) is 48.5 Å². The maximum Gasteiger partial charge on any atom is 0.338 e. The topological polar surface area (TPSA) is 44.8 Å². The summed E-state index contributed by atoms with van der Waals surface area (Å²) in [5.74, 6) is 1.25. The number of rotatable bonds is 3. The van der Waals surface area contributed by atoms with E-state index in [4.69, 9.17) is 14.2 Å². The van der Waals surface area contributed by atoms with Gasteiger partial charge in [-0.25, -0.2) is 4.79 Å². The molecule has 0 N–H and O–H groups in total. The molecule has 3 aromatic rings. The van der Waals surface area contributed by atoms with Crippen molar-refractivity contribution in [1.29, 1.82) is 0 Å². The van der Waals surface area contributed by atoms with Crippen LogP contribution in [-0.2, 0) is 11.3 Å². The summed E-state index contributed by atoms with van der Waals surface area (Å²) in [4.78, 5) is 12.1. The smallest absolute Gasteiger partial charge is 0.338 e. The van der Waals surface area contributed by atoms with Crippen LogP contribution < -0.4 is 9.47 Å². The number of esters is 1. The summed E-state index contributed by atoms with van der Waals surface area (Å²) >= 11 is 0. The first-order valence-electron chi connectivity index (χ1n) is 7.67. The minimum absolute atomic E-state index is 0.273. The number of hydrogen-bond donors (Lipinski definition) is 0. The largest absolute Gasteiger partial charge is 0.497 e. The molecule has 1 aliphatic rings. The van der Waals surface area contributed by atoms with E-state index in [2.05, 4.69) is 0 Å². The van der Waals surface area contributed by atoms with Gasteiger partial charge in [-0.2, -0.15) is 0 Å². The van der Waals surface area contributed by atoms with Gasteiger partial charge in [0.05, 0.1) is 19.8 Å². The maximum absolute atomic E-state index is 12.1. The van der Waals surface area contributed by atoms with Gasteiger partial charge in [0.2, 0.25) is 0 Å². The molecule has 0 atom stereocenters. The molecule has 0 fully saturated rings. The molecule has 0 aromatic heterocycles. The summed E-state index contributed by atoms with van der Waals surface area (Å²) in [7, 11) is 3.29. The molecule has 24 heavy (non-hydrogen) atoms. The molecule has 0 spiro atoms. The Hall–Kier alpha value is -3.01. The van der Waals surface area contributed by atoms with Crippen molar-refractivity contribution in [1.82, 2.24) is 0 Å². The number of fused-ring (bicyclic) bond motifs is 2. The van der Waals surface area contributed by atoms with Crippen LogP contribution in [0.25, 0.3) is 21.9 Å². The summed E-state index contributed by atoms with van der Waals surface area (Å²) in [6.45, 7) is 0.273. The number of benzene rings is 3. The van der Waals surface area contributed by atoms with E-state index >= 15 is 0 Å². The zero-order valence-corrected chi connectivity index (χ0v) is 13.5. The average Bonchev–Trinajstić information content (AvgIpc) is 3.00. The molecule has 0 unspecified atom stereocenters. The molecule has 0 radical (unpaired) electrons. The minimum Gasteiger partial charge on any atom is -0.497 e. The first-order valence-corrected chi connectivity index (χ1v) is 7.67. The van der Waals surface area contributed by atoms with Gasteiger partial charge in [0.25, 0.3) is 0 Å². The summed E-state index contributed by atoms with van der Waals surface area (Å²) in [6, 6.07) is 15.5. The van der Waals surface area contributed by atoms with Crippen LogP contribution in [0, 0.1) is 0 Å². The highest BCUT2D eigenvalue weighted by Crippen LogP contribution is 2.42. The van der Waals surface area contributed by atoms with E-state index < -0.39 is 0 Å². The first kappa shape index (κ1) is 14.6. The van der Waals surface area contributed by atoms with E-state index in [1.165, 1.54) is 0 Å². The average molecular weight is 320 g/mol. The highest BCUT2D eigenvalue weighted by atomic mass is 16.5. The molecule has 0 bridgehead atoms. The molecule has 0 saturated heterocycles. The number of hydrogen-bond acceptors (Lipinski definition) is 4. The molecular formula is C20H16O4. The lowest BCUT2D eigenvalue weighted by molar-refractivity contribution is 0.0535. The molecular weight excluding hydrogens is 304 g/mol. The fourth-order valence-corrected chi connectivity index (χ4v) is 3.28. The zero-order valence-electron chi connectivity index (χ0n) is 13.5. The molecule has 1 heterocycles. The van der Waals surface area contributed by atoms with Crippen molar-refractivity contribution >= 4 is 16.7 Å². The molecule has 1 aliphatic heterocycles. The van der Waals surface area contributed by atoms with Gasteiger partial charge >= 0.3 is 5.97 Å². The van der Waals surface area contributed by atoms with Gasteiger partial charge in [0.15, 0.2) is 0 Å². The zero-order chi connectivity index (χ0) is 16.7. The summed E-state index contributed by atoms with van der Waals surface area (Å²) in [5, 5.41) is 1.93. The molecule has 0 aliphatic carbocycles. The number of carbonyl (C=O) groups is 1. The Labute approximate surface area is 139 Å². The fraction of sp³-hybridized carbons (Fsp3) is 0.150. The first-order chi connectivity index (χ1) is 11.7. The van der Waals surface area contributed by atoms with Gasteiger partial charge in [-0.15, -0.1) is 0 Å². The molecule has 120 valence electrons. The maximum atomic E-state index is 12.1. The van der Waals surface area contributed by atoms with Crippen molar-refractivity contribution in [2.24, 2.45) is 0 Å². The predicted octanol–water partition coefficient (Wildman–Crippen LogP) is 4.19. The number of ether oxygens (including phenoxy) is 3. The highest BCUT2D eigenvalue weighted by molar-refractivity contribution is 6.09. The normalized spacial score (nSPS) is 12.8. The molecule has 4 nitrogen and oxygen atoms in total. The number of carbonyl (C=O) groups excluding carboxylic acids is 1. The molecule has 3 aromatic carbocycles. The van der Waals surface area contributed by atoms with E-state index in [9.17, 15) is 4.79 Å². The van der Waals surface area contributed by atoms with Gasteiger partial charge in [-0.05, 0) is 35.2 Å². The second-order valence-electron chi connectivity index (χ2n) is 5.64. The summed E-state index contributed by atoms with van der Waals surface area (Å²) in [6.07, 6.45) is 0. The van der Waals surface area contributed by atoms with Crippen molar-refractivity contribution in [3.05, 3.63) is 59.7 Å². The monoisotopic (exact) mass is 320 g/mol. The van der Waals surface area contributed by atoms with Crippen molar-refractivity contribution in [3.8, 4) is 22.6 Å². The Morgan fingerprint density at radius 2 is 1.83 bits per heavy atom. The van der Waals surface area contributed by atoms with E-state index in [0.717, 1.165) is 39.0 Å². The number of cyclic esters (lactones) is 1. The van der Waals surface area contributed by atoms with Gasteiger partial charge < -0.3 is 14.2 Å². The van der Waals surface area contributed by atoms with Crippen LogP contribution in [0.1, 0.15) is 15.9 Å². The molecule has 4 rings (SSSR count). The molecule has 0 amide bonds. The third kappa shape index (κ3) is 2.11. The quantitative estimate of drug-likeness (QED) is 0.679. The van der Waals surface area contributed by atoms with Crippen LogP contribution in [0.15, 0.2) is 48.5 Å². The third-order valence-corrected chi connectivity index (χ3v) is 4.38. The Kier molecular flexibility index (Phi) is 3.38. The molecule has 0 saturated carbocycles. The predicted molar refractivity (Wildman–Crippen MR) is 91.6 cm³/mol.